The first-order valence-electron chi connectivity index (χ1n) is 6.17. The number of nitrogens with zero attached hydrogens (tertiary/aromatic N) is 2. The fourth-order valence-corrected chi connectivity index (χ4v) is 2.38. The van der Waals surface area contributed by atoms with Crippen LogP contribution in [0.4, 0.5) is 0 Å². The molecule has 0 saturated heterocycles. The number of nitrogens with one attached hydrogen (secondary N) is 2. The molecule has 2 aromatic heterocycles. The zero-order valence-corrected chi connectivity index (χ0v) is 11.5. The fraction of sp³-hybridized carbons (Fsp3) is 0.308. The summed E-state index contributed by atoms with van der Waals surface area (Å²) in [7, 11) is 0. The monoisotopic (exact) mass is 276 g/mol. The van der Waals surface area contributed by atoms with Gasteiger partial charge < -0.3 is 10.3 Å². The van der Waals surface area contributed by atoms with E-state index < -0.39 is 0 Å². The number of pyridine rings is 1. The van der Waals surface area contributed by atoms with Crippen LogP contribution in [-0.4, -0.2) is 21.5 Å². The summed E-state index contributed by atoms with van der Waals surface area (Å²) in [6.07, 6.45) is 4.34. The molecule has 0 bridgehead atoms. The predicted molar refractivity (Wildman–Crippen MR) is 75.2 cm³/mol. The molecule has 2 rings (SSSR count). The second kappa shape index (κ2) is 7.06. The number of H-pyrrole nitrogens is 1. The van der Waals surface area contributed by atoms with E-state index in [-0.39, 0.29) is 5.56 Å². The summed E-state index contributed by atoms with van der Waals surface area (Å²) in [5.74, 6) is 0. The Morgan fingerprint density at radius 1 is 1.32 bits per heavy atom. The van der Waals surface area contributed by atoms with Crippen LogP contribution in [-0.2, 0) is 6.54 Å². The van der Waals surface area contributed by atoms with Crippen molar-refractivity contribution in [2.45, 2.75) is 30.1 Å². The van der Waals surface area contributed by atoms with Crippen LogP contribution in [0.1, 0.15) is 18.9 Å². The predicted octanol–water partition coefficient (Wildman–Crippen LogP) is 1.82. The third-order valence-corrected chi connectivity index (χ3v) is 3.40. The van der Waals surface area contributed by atoms with E-state index in [1.165, 1.54) is 24.0 Å². The second-order valence-electron chi connectivity index (χ2n) is 3.99. The molecular formula is C13H16N4OS. The van der Waals surface area contributed by atoms with Crippen LogP contribution in [0.3, 0.4) is 0 Å². The first kappa shape index (κ1) is 13.8. The summed E-state index contributed by atoms with van der Waals surface area (Å²) in [5, 5.41) is 4.76. The second-order valence-corrected chi connectivity index (χ2v) is 4.96. The van der Waals surface area contributed by atoms with Gasteiger partial charge in [0.05, 0.1) is 0 Å². The topological polar surface area (TPSA) is 70.7 Å². The largest absolute Gasteiger partial charge is 0.313 e. The molecular weight excluding hydrogens is 260 g/mol. The van der Waals surface area contributed by atoms with Crippen molar-refractivity contribution in [3.05, 3.63) is 46.5 Å². The van der Waals surface area contributed by atoms with Crippen molar-refractivity contribution >= 4 is 11.8 Å². The molecule has 19 heavy (non-hydrogen) atoms. The van der Waals surface area contributed by atoms with Crippen molar-refractivity contribution in [2.75, 3.05) is 6.54 Å². The zero-order valence-electron chi connectivity index (χ0n) is 10.7. The van der Waals surface area contributed by atoms with Gasteiger partial charge in [0.1, 0.15) is 5.03 Å². The molecule has 0 atom stereocenters. The number of hydrogen-bond donors (Lipinski definition) is 2. The lowest BCUT2D eigenvalue weighted by Crippen LogP contribution is -2.14. The first-order chi connectivity index (χ1) is 9.29. The number of aromatic nitrogens is 3. The van der Waals surface area contributed by atoms with Crippen LogP contribution < -0.4 is 10.9 Å². The molecule has 0 aromatic carbocycles. The molecule has 5 nitrogen and oxygen atoms in total. The Morgan fingerprint density at radius 3 is 3.00 bits per heavy atom. The molecule has 0 aliphatic heterocycles. The van der Waals surface area contributed by atoms with Gasteiger partial charge in [0, 0.05) is 25.0 Å². The minimum atomic E-state index is -0.154. The number of rotatable bonds is 6. The minimum Gasteiger partial charge on any atom is -0.313 e. The Balaban J connectivity index is 2.13. The van der Waals surface area contributed by atoms with E-state index in [9.17, 15) is 4.79 Å². The first-order valence-corrected chi connectivity index (χ1v) is 6.99. The lowest BCUT2D eigenvalue weighted by atomic mass is 10.3. The molecule has 2 N–H and O–H groups in total. The van der Waals surface area contributed by atoms with Gasteiger partial charge in [-0.15, -0.1) is 0 Å². The molecule has 0 saturated carbocycles. The summed E-state index contributed by atoms with van der Waals surface area (Å²) >= 11 is 1.37. The maximum Gasteiger partial charge on any atom is 0.251 e. The van der Waals surface area contributed by atoms with E-state index in [2.05, 4.69) is 27.2 Å². The molecule has 2 aromatic rings. The van der Waals surface area contributed by atoms with Gasteiger partial charge in [-0.1, -0.05) is 13.0 Å². The van der Waals surface area contributed by atoms with Crippen LogP contribution in [0.15, 0.2) is 45.6 Å². The van der Waals surface area contributed by atoms with Gasteiger partial charge in [0.15, 0.2) is 5.16 Å². The van der Waals surface area contributed by atoms with E-state index >= 15 is 0 Å². The smallest absolute Gasteiger partial charge is 0.251 e. The van der Waals surface area contributed by atoms with Crippen molar-refractivity contribution < 1.29 is 0 Å². The van der Waals surface area contributed by atoms with Crippen molar-refractivity contribution in [1.29, 1.82) is 0 Å². The van der Waals surface area contributed by atoms with Gasteiger partial charge in [-0.3, -0.25) is 4.79 Å². The SMILES string of the molecule is CCCNCc1cccnc1Sc1nccc(=O)[nH]1. The molecule has 0 aliphatic carbocycles. The van der Waals surface area contributed by atoms with E-state index in [4.69, 9.17) is 0 Å². The van der Waals surface area contributed by atoms with Crippen LogP contribution in [0.25, 0.3) is 0 Å². The average Bonchev–Trinajstić information content (AvgIpc) is 2.41. The standard InChI is InChI=1S/C13H16N4OS/c1-2-6-14-9-10-4-3-7-15-12(10)19-13-16-8-5-11(18)17-13/h3-5,7-8,14H,2,6,9H2,1H3,(H,16,17,18). The molecule has 0 spiro atoms. The van der Waals surface area contributed by atoms with E-state index in [1.54, 1.807) is 6.20 Å². The average molecular weight is 276 g/mol. The summed E-state index contributed by atoms with van der Waals surface area (Å²) in [5.41, 5.74) is 0.951. The highest BCUT2D eigenvalue weighted by molar-refractivity contribution is 7.99. The Kier molecular flexibility index (Phi) is 5.11. The molecule has 0 aliphatic rings. The van der Waals surface area contributed by atoms with E-state index in [0.29, 0.717) is 5.16 Å². The number of hydrogen-bond acceptors (Lipinski definition) is 5. The summed E-state index contributed by atoms with van der Waals surface area (Å²) in [6.45, 7) is 3.87. The molecule has 0 fully saturated rings. The Morgan fingerprint density at radius 2 is 2.21 bits per heavy atom. The molecule has 0 radical (unpaired) electrons. The summed E-state index contributed by atoms with van der Waals surface area (Å²) in [4.78, 5) is 22.4. The van der Waals surface area contributed by atoms with Gasteiger partial charge in [-0.2, -0.15) is 0 Å². The lowest BCUT2D eigenvalue weighted by molar-refractivity contribution is 0.665. The maximum absolute atomic E-state index is 11.2. The van der Waals surface area contributed by atoms with Gasteiger partial charge >= 0.3 is 0 Å². The van der Waals surface area contributed by atoms with Gasteiger partial charge in [-0.05, 0) is 36.4 Å². The Bertz CT molecular complexity index is 585. The molecule has 2 heterocycles. The van der Waals surface area contributed by atoms with Crippen molar-refractivity contribution in [3.63, 3.8) is 0 Å². The van der Waals surface area contributed by atoms with Gasteiger partial charge in [0.2, 0.25) is 0 Å². The summed E-state index contributed by atoms with van der Waals surface area (Å²) in [6, 6.07) is 5.33. The molecule has 0 unspecified atom stereocenters. The van der Waals surface area contributed by atoms with Crippen LogP contribution >= 0.6 is 11.8 Å². The summed E-state index contributed by atoms with van der Waals surface area (Å²) < 4.78 is 0. The van der Waals surface area contributed by atoms with Crippen molar-refractivity contribution in [2.24, 2.45) is 0 Å². The van der Waals surface area contributed by atoms with Gasteiger partial charge in [0.25, 0.3) is 5.56 Å². The van der Waals surface area contributed by atoms with E-state index in [0.717, 1.165) is 30.1 Å². The minimum absolute atomic E-state index is 0.154. The molecule has 6 heteroatoms. The third kappa shape index (κ3) is 4.18. The Hall–Kier alpha value is -1.66. The maximum atomic E-state index is 11.2. The van der Waals surface area contributed by atoms with Crippen molar-refractivity contribution in [3.8, 4) is 0 Å². The zero-order chi connectivity index (χ0) is 13.5. The van der Waals surface area contributed by atoms with Crippen LogP contribution in [0.5, 0.6) is 0 Å². The molecule has 100 valence electrons. The highest BCUT2D eigenvalue weighted by atomic mass is 32.2. The Labute approximate surface area is 115 Å². The fourth-order valence-electron chi connectivity index (χ4n) is 1.55. The quantitative estimate of drug-likeness (QED) is 0.622. The van der Waals surface area contributed by atoms with Crippen LogP contribution in [0, 0.1) is 0 Å². The van der Waals surface area contributed by atoms with Crippen LogP contribution in [0.2, 0.25) is 0 Å². The third-order valence-electron chi connectivity index (χ3n) is 2.43. The van der Waals surface area contributed by atoms with E-state index in [1.807, 2.05) is 12.1 Å². The van der Waals surface area contributed by atoms with Gasteiger partial charge in [-0.25, -0.2) is 9.97 Å². The normalized spacial score (nSPS) is 10.6. The highest BCUT2D eigenvalue weighted by Gasteiger charge is 2.06. The lowest BCUT2D eigenvalue weighted by Gasteiger charge is -2.08. The van der Waals surface area contributed by atoms with Crippen molar-refractivity contribution in [1.82, 2.24) is 20.3 Å². The molecule has 0 amide bonds. The highest BCUT2D eigenvalue weighted by Crippen LogP contribution is 2.24. The number of aromatic amines is 1.